The van der Waals surface area contributed by atoms with E-state index in [2.05, 4.69) is 4.90 Å². The molecule has 0 N–H and O–H groups in total. The molecule has 1 aliphatic rings. The van der Waals surface area contributed by atoms with Gasteiger partial charge >= 0.3 is 0 Å². The Morgan fingerprint density at radius 1 is 1.37 bits per heavy atom. The van der Waals surface area contributed by atoms with Gasteiger partial charge in [-0.2, -0.15) is 0 Å². The monoisotopic (exact) mass is 376 g/mol. The van der Waals surface area contributed by atoms with E-state index >= 15 is 0 Å². The van der Waals surface area contributed by atoms with Crippen LogP contribution in [0.5, 0.6) is 0 Å². The van der Waals surface area contributed by atoms with Crippen molar-refractivity contribution in [3.05, 3.63) is 59.8 Å². The molecule has 1 aliphatic heterocycles. The van der Waals surface area contributed by atoms with Crippen molar-refractivity contribution >= 4 is 5.91 Å². The number of halogens is 1. The third-order valence-electron chi connectivity index (χ3n) is 4.53. The van der Waals surface area contributed by atoms with Crippen molar-refractivity contribution in [3.63, 3.8) is 0 Å². The van der Waals surface area contributed by atoms with Crippen molar-refractivity contribution in [1.82, 2.24) is 9.80 Å². The number of amides is 1. The second kappa shape index (κ2) is 9.64. The predicted molar refractivity (Wildman–Crippen MR) is 97.9 cm³/mol. The first-order valence-electron chi connectivity index (χ1n) is 9.06. The lowest BCUT2D eigenvalue weighted by atomic mass is 10.1. The maximum Gasteiger partial charge on any atom is 0.254 e. The van der Waals surface area contributed by atoms with Crippen molar-refractivity contribution < 1.29 is 23.1 Å². The first-order chi connectivity index (χ1) is 13.2. The number of carbonyl (C=O) groups excluding carboxylic acids is 1. The number of hydrogen-bond acceptors (Lipinski definition) is 5. The Kier molecular flexibility index (Phi) is 6.98. The lowest BCUT2D eigenvalue weighted by molar-refractivity contribution is -0.0458. The lowest BCUT2D eigenvalue weighted by Gasteiger charge is -2.35. The Labute approximate surface area is 158 Å². The molecule has 1 aromatic heterocycles. The number of morpholine rings is 1. The van der Waals surface area contributed by atoms with E-state index in [0.717, 1.165) is 12.3 Å². The van der Waals surface area contributed by atoms with Crippen LogP contribution in [0, 0.1) is 5.82 Å². The second-order valence-corrected chi connectivity index (χ2v) is 6.56. The highest BCUT2D eigenvalue weighted by Gasteiger charge is 2.26. The van der Waals surface area contributed by atoms with Gasteiger partial charge in [0, 0.05) is 38.9 Å². The minimum atomic E-state index is -0.425. The molecule has 2 heterocycles. The zero-order valence-electron chi connectivity index (χ0n) is 15.5. The normalized spacial score (nSPS) is 17.8. The number of rotatable bonds is 8. The maximum absolute atomic E-state index is 13.5. The molecule has 1 aromatic carbocycles. The van der Waals surface area contributed by atoms with Crippen molar-refractivity contribution in [2.75, 3.05) is 46.5 Å². The van der Waals surface area contributed by atoms with Gasteiger partial charge in [-0.15, -0.1) is 0 Å². The van der Waals surface area contributed by atoms with Gasteiger partial charge in [0.1, 0.15) is 11.6 Å². The third-order valence-corrected chi connectivity index (χ3v) is 4.53. The van der Waals surface area contributed by atoms with Crippen LogP contribution in [0.15, 0.2) is 47.1 Å². The Morgan fingerprint density at radius 2 is 2.26 bits per heavy atom. The zero-order chi connectivity index (χ0) is 19.1. The van der Waals surface area contributed by atoms with Gasteiger partial charge in [-0.25, -0.2) is 4.39 Å². The third kappa shape index (κ3) is 5.63. The van der Waals surface area contributed by atoms with Crippen molar-refractivity contribution in [1.29, 1.82) is 0 Å². The quantitative estimate of drug-likeness (QED) is 0.708. The predicted octanol–water partition coefficient (Wildman–Crippen LogP) is 2.41. The Morgan fingerprint density at radius 3 is 3.00 bits per heavy atom. The SMILES string of the molecule is COCCN(CC1CN(Cc2ccco2)CCO1)C(=O)c1cccc(F)c1. The van der Waals surface area contributed by atoms with Gasteiger partial charge in [-0.3, -0.25) is 9.69 Å². The first-order valence-corrected chi connectivity index (χ1v) is 9.06. The molecule has 1 amide bonds. The molecule has 1 saturated heterocycles. The number of ether oxygens (including phenoxy) is 2. The number of furan rings is 1. The van der Waals surface area contributed by atoms with Crippen LogP contribution in [0.3, 0.4) is 0 Å². The number of methoxy groups -OCH3 is 1. The van der Waals surface area contributed by atoms with Crippen LogP contribution < -0.4 is 0 Å². The smallest absolute Gasteiger partial charge is 0.254 e. The zero-order valence-corrected chi connectivity index (χ0v) is 15.5. The summed E-state index contributed by atoms with van der Waals surface area (Å²) in [6, 6.07) is 9.57. The molecule has 6 nitrogen and oxygen atoms in total. The summed E-state index contributed by atoms with van der Waals surface area (Å²) >= 11 is 0. The standard InChI is InChI=1S/C20H25FN2O4/c1-25-10-8-23(20(24)16-4-2-5-17(21)12-16)15-19-14-22(7-11-27-19)13-18-6-3-9-26-18/h2-6,9,12,19H,7-8,10-11,13-15H2,1H3. The summed E-state index contributed by atoms with van der Waals surface area (Å²) in [6.07, 6.45) is 1.54. The average molecular weight is 376 g/mol. The fourth-order valence-corrected chi connectivity index (χ4v) is 3.18. The molecule has 0 saturated carbocycles. The van der Waals surface area contributed by atoms with Crippen LogP contribution in [-0.4, -0.2) is 68.3 Å². The summed E-state index contributed by atoms with van der Waals surface area (Å²) < 4.78 is 29.9. The fraction of sp³-hybridized carbons (Fsp3) is 0.450. The molecule has 146 valence electrons. The van der Waals surface area contributed by atoms with Gasteiger partial charge in [-0.05, 0) is 30.3 Å². The largest absolute Gasteiger partial charge is 0.468 e. The van der Waals surface area contributed by atoms with E-state index in [1.54, 1.807) is 30.4 Å². The molecule has 1 unspecified atom stereocenters. The summed E-state index contributed by atoms with van der Waals surface area (Å²) in [6.45, 7) is 4.06. The summed E-state index contributed by atoms with van der Waals surface area (Å²) in [5.41, 5.74) is 0.328. The van der Waals surface area contributed by atoms with Gasteiger partial charge in [0.05, 0.1) is 32.1 Å². The van der Waals surface area contributed by atoms with E-state index in [1.165, 1.54) is 12.1 Å². The van der Waals surface area contributed by atoms with Crippen molar-refractivity contribution in [2.45, 2.75) is 12.6 Å². The van der Waals surface area contributed by atoms with E-state index in [1.807, 2.05) is 12.1 Å². The van der Waals surface area contributed by atoms with Gasteiger partial charge in [-0.1, -0.05) is 6.07 Å². The Bertz CT molecular complexity index is 723. The van der Waals surface area contributed by atoms with Crippen LogP contribution >= 0.6 is 0 Å². The van der Waals surface area contributed by atoms with Gasteiger partial charge in [0.25, 0.3) is 5.91 Å². The molecule has 7 heteroatoms. The highest BCUT2D eigenvalue weighted by Crippen LogP contribution is 2.14. The molecule has 1 atom stereocenters. The summed E-state index contributed by atoms with van der Waals surface area (Å²) in [5.74, 6) is 0.257. The molecule has 27 heavy (non-hydrogen) atoms. The Hall–Kier alpha value is -2.22. The lowest BCUT2D eigenvalue weighted by Crippen LogP contribution is -2.49. The van der Waals surface area contributed by atoms with E-state index in [9.17, 15) is 9.18 Å². The van der Waals surface area contributed by atoms with Gasteiger partial charge in [0.2, 0.25) is 0 Å². The van der Waals surface area contributed by atoms with E-state index < -0.39 is 5.82 Å². The minimum Gasteiger partial charge on any atom is -0.468 e. The first kappa shape index (κ1) is 19.5. The van der Waals surface area contributed by atoms with Crippen LogP contribution in [-0.2, 0) is 16.0 Å². The summed E-state index contributed by atoms with van der Waals surface area (Å²) in [4.78, 5) is 16.7. The topological polar surface area (TPSA) is 55.1 Å². The van der Waals surface area contributed by atoms with Crippen LogP contribution in [0.25, 0.3) is 0 Å². The average Bonchev–Trinajstić information content (AvgIpc) is 3.18. The van der Waals surface area contributed by atoms with E-state index in [4.69, 9.17) is 13.9 Å². The van der Waals surface area contributed by atoms with E-state index in [0.29, 0.717) is 45.0 Å². The number of nitrogens with zero attached hydrogens (tertiary/aromatic N) is 2. The van der Waals surface area contributed by atoms with Crippen LogP contribution in [0.4, 0.5) is 4.39 Å². The van der Waals surface area contributed by atoms with Crippen LogP contribution in [0.1, 0.15) is 16.1 Å². The molecule has 0 bridgehead atoms. The van der Waals surface area contributed by atoms with Gasteiger partial charge < -0.3 is 18.8 Å². The molecular formula is C20H25FN2O4. The molecule has 0 aliphatic carbocycles. The molecule has 2 aromatic rings. The molecule has 1 fully saturated rings. The number of benzene rings is 1. The van der Waals surface area contributed by atoms with Crippen molar-refractivity contribution in [3.8, 4) is 0 Å². The maximum atomic E-state index is 13.5. The minimum absolute atomic E-state index is 0.122. The van der Waals surface area contributed by atoms with E-state index in [-0.39, 0.29) is 12.0 Å². The second-order valence-electron chi connectivity index (χ2n) is 6.56. The molecule has 0 radical (unpaired) electrons. The van der Waals surface area contributed by atoms with Gasteiger partial charge in [0.15, 0.2) is 0 Å². The summed E-state index contributed by atoms with van der Waals surface area (Å²) in [7, 11) is 1.59. The summed E-state index contributed by atoms with van der Waals surface area (Å²) in [5, 5.41) is 0. The Balaban J connectivity index is 1.63. The molecular weight excluding hydrogens is 351 g/mol. The molecule has 3 rings (SSSR count). The number of carbonyl (C=O) groups is 1. The van der Waals surface area contributed by atoms with Crippen molar-refractivity contribution in [2.24, 2.45) is 0 Å². The fourth-order valence-electron chi connectivity index (χ4n) is 3.18. The highest BCUT2D eigenvalue weighted by molar-refractivity contribution is 5.94. The highest BCUT2D eigenvalue weighted by atomic mass is 19.1. The molecule has 0 spiro atoms. The number of hydrogen-bond donors (Lipinski definition) is 0. The van der Waals surface area contributed by atoms with Crippen LogP contribution in [0.2, 0.25) is 0 Å².